The van der Waals surface area contributed by atoms with Crippen LogP contribution in [0.4, 0.5) is 4.39 Å². The van der Waals surface area contributed by atoms with Crippen molar-refractivity contribution < 1.29 is 28.3 Å². The van der Waals surface area contributed by atoms with Crippen LogP contribution in [-0.2, 0) is 14.3 Å². The van der Waals surface area contributed by atoms with E-state index in [9.17, 15) is 23.6 Å². The van der Waals surface area contributed by atoms with Gasteiger partial charge in [0.25, 0.3) is 17.7 Å². The number of halogens is 1. The highest BCUT2D eigenvalue weighted by Crippen LogP contribution is 2.26. The lowest BCUT2D eigenvalue weighted by Gasteiger charge is -2.18. The Kier molecular flexibility index (Phi) is 6.09. The number of ether oxygens (including phenoxy) is 1. The molecule has 0 bridgehead atoms. The highest BCUT2D eigenvalue weighted by molar-refractivity contribution is 7.10. The summed E-state index contributed by atoms with van der Waals surface area (Å²) in [5.74, 6) is -3.03. The highest BCUT2D eigenvalue weighted by atomic mass is 32.1. The zero-order valence-corrected chi connectivity index (χ0v) is 17.4. The van der Waals surface area contributed by atoms with E-state index < -0.39 is 48.7 Å². The van der Waals surface area contributed by atoms with Crippen LogP contribution in [0.3, 0.4) is 0 Å². The number of carbonyl (C=O) groups is 4. The topological polar surface area (TPSA) is 92.8 Å². The third-order valence-electron chi connectivity index (χ3n) is 4.87. The second-order valence-electron chi connectivity index (χ2n) is 6.97. The van der Waals surface area contributed by atoms with E-state index in [1.165, 1.54) is 35.6 Å². The molecule has 2 heterocycles. The van der Waals surface area contributed by atoms with Gasteiger partial charge in [-0.3, -0.25) is 24.1 Å². The summed E-state index contributed by atoms with van der Waals surface area (Å²) in [5, 5.41) is 4.61. The van der Waals surface area contributed by atoms with Gasteiger partial charge in [0, 0.05) is 4.88 Å². The van der Waals surface area contributed by atoms with Gasteiger partial charge in [-0.2, -0.15) is 0 Å². The fourth-order valence-corrected chi connectivity index (χ4v) is 4.14. The number of fused-ring (bicyclic) bond motifs is 1. The van der Waals surface area contributed by atoms with Crippen molar-refractivity contribution in [3.63, 3.8) is 0 Å². The van der Waals surface area contributed by atoms with E-state index in [2.05, 4.69) is 5.32 Å². The van der Waals surface area contributed by atoms with Gasteiger partial charge in [0.05, 0.1) is 17.2 Å². The molecule has 32 heavy (non-hydrogen) atoms. The summed E-state index contributed by atoms with van der Waals surface area (Å²) in [4.78, 5) is 50.9. The minimum Gasteiger partial charge on any atom is -0.454 e. The van der Waals surface area contributed by atoms with Gasteiger partial charge in [-0.15, -0.1) is 11.3 Å². The number of thiophene rings is 1. The van der Waals surface area contributed by atoms with Crippen molar-refractivity contribution in [1.29, 1.82) is 0 Å². The lowest BCUT2D eigenvalue weighted by Crippen LogP contribution is -2.38. The Hall–Kier alpha value is -3.85. The van der Waals surface area contributed by atoms with Gasteiger partial charge in [0.1, 0.15) is 12.4 Å². The van der Waals surface area contributed by atoms with Crippen molar-refractivity contribution in [1.82, 2.24) is 10.2 Å². The molecule has 0 spiro atoms. The number of nitrogens with one attached hydrogen (secondary N) is 1. The maximum Gasteiger partial charge on any atom is 0.326 e. The molecule has 0 aliphatic carbocycles. The molecule has 3 amide bonds. The lowest BCUT2D eigenvalue weighted by molar-refractivity contribution is -0.148. The van der Waals surface area contributed by atoms with Gasteiger partial charge in [-0.1, -0.05) is 30.3 Å². The highest BCUT2D eigenvalue weighted by Gasteiger charge is 2.36. The number of imide groups is 1. The van der Waals surface area contributed by atoms with E-state index >= 15 is 0 Å². The largest absolute Gasteiger partial charge is 0.454 e. The van der Waals surface area contributed by atoms with E-state index in [1.54, 1.807) is 24.3 Å². The standard InChI is InChI=1S/C23H17FN2O5S/c24-15-9-7-14(8-10-15)21(18-6-3-11-32-18)25-19(27)13-31-20(28)12-26-22(29)16-4-1-2-5-17(16)23(26)30/h1-11,21H,12-13H2,(H,25,27). The van der Waals surface area contributed by atoms with Crippen LogP contribution in [0, 0.1) is 5.82 Å². The molecule has 4 rings (SSSR count). The number of esters is 1. The predicted molar refractivity (Wildman–Crippen MR) is 113 cm³/mol. The maximum absolute atomic E-state index is 13.3. The number of carbonyl (C=O) groups excluding carboxylic acids is 4. The summed E-state index contributed by atoms with van der Waals surface area (Å²) in [7, 11) is 0. The van der Waals surface area contributed by atoms with Crippen LogP contribution >= 0.6 is 11.3 Å². The normalized spacial score (nSPS) is 13.6. The smallest absolute Gasteiger partial charge is 0.326 e. The van der Waals surface area contributed by atoms with Crippen molar-refractivity contribution >= 4 is 35.0 Å². The van der Waals surface area contributed by atoms with Gasteiger partial charge < -0.3 is 10.1 Å². The zero-order valence-electron chi connectivity index (χ0n) is 16.6. The van der Waals surface area contributed by atoms with Crippen molar-refractivity contribution in [3.8, 4) is 0 Å². The molecule has 0 radical (unpaired) electrons. The van der Waals surface area contributed by atoms with Crippen LogP contribution in [0.5, 0.6) is 0 Å². The van der Waals surface area contributed by atoms with Crippen LogP contribution in [0.25, 0.3) is 0 Å². The summed E-state index contributed by atoms with van der Waals surface area (Å²) in [5.41, 5.74) is 1.11. The summed E-state index contributed by atoms with van der Waals surface area (Å²) in [6.45, 7) is -1.18. The Morgan fingerprint density at radius 1 is 0.969 bits per heavy atom. The molecule has 0 saturated heterocycles. The van der Waals surface area contributed by atoms with E-state index in [1.807, 2.05) is 17.5 Å². The minimum atomic E-state index is -0.885. The van der Waals surface area contributed by atoms with Crippen LogP contribution in [-0.4, -0.2) is 41.7 Å². The van der Waals surface area contributed by atoms with E-state index in [-0.39, 0.29) is 11.1 Å². The molecule has 0 saturated carbocycles. The Morgan fingerprint density at radius 2 is 1.62 bits per heavy atom. The number of amides is 3. The molecule has 3 aromatic rings. The molecule has 1 aromatic heterocycles. The van der Waals surface area contributed by atoms with Crippen LogP contribution in [0.15, 0.2) is 66.0 Å². The lowest BCUT2D eigenvalue weighted by atomic mass is 10.1. The Labute approximate surface area is 186 Å². The molecule has 1 aliphatic heterocycles. The summed E-state index contributed by atoms with van der Waals surface area (Å²) < 4.78 is 18.3. The number of hydrogen-bond donors (Lipinski definition) is 1. The number of benzene rings is 2. The molecule has 1 N–H and O–H groups in total. The molecule has 1 atom stereocenters. The first-order chi connectivity index (χ1) is 15.4. The average Bonchev–Trinajstić information content (AvgIpc) is 3.41. The molecule has 162 valence electrons. The molecule has 7 nitrogen and oxygen atoms in total. The molecule has 0 fully saturated rings. The first kappa shape index (κ1) is 21.4. The molecule has 9 heteroatoms. The minimum absolute atomic E-state index is 0.223. The Morgan fingerprint density at radius 3 is 2.22 bits per heavy atom. The van der Waals surface area contributed by atoms with Gasteiger partial charge >= 0.3 is 5.97 Å². The fraction of sp³-hybridized carbons (Fsp3) is 0.130. The van der Waals surface area contributed by atoms with Crippen LogP contribution < -0.4 is 5.32 Å². The maximum atomic E-state index is 13.3. The van der Waals surface area contributed by atoms with Gasteiger partial charge in [-0.25, -0.2) is 4.39 Å². The van der Waals surface area contributed by atoms with Crippen molar-refractivity contribution in [2.75, 3.05) is 13.2 Å². The SMILES string of the molecule is O=C(COC(=O)CN1C(=O)c2ccccc2C1=O)NC(c1ccc(F)cc1)c1cccs1. The molecule has 1 aliphatic rings. The van der Waals surface area contributed by atoms with Gasteiger partial charge in [0.2, 0.25) is 0 Å². The number of hydrogen-bond acceptors (Lipinski definition) is 6. The van der Waals surface area contributed by atoms with Crippen molar-refractivity contribution in [2.45, 2.75) is 6.04 Å². The summed E-state index contributed by atoms with van der Waals surface area (Å²) in [6.07, 6.45) is 0. The average molecular weight is 452 g/mol. The van der Waals surface area contributed by atoms with Crippen molar-refractivity contribution in [3.05, 3.63) is 93.4 Å². The molecular weight excluding hydrogens is 435 g/mol. The second kappa shape index (κ2) is 9.11. The second-order valence-corrected chi connectivity index (χ2v) is 7.95. The Balaban J connectivity index is 1.36. The van der Waals surface area contributed by atoms with E-state index in [0.29, 0.717) is 5.56 Å². The molecule has 1 unspecified atom stereocenters. The summed E-state index contributed by atoms with van der Waals surface area (Å²) >= 11 is 1.41. The monoisotopic (exact) mass is 452 g/mol. The quantitative estimate of drug-likeness (QED) is 0.440. The van der Waals surface area contributed by atoms with Gasteiger partial charge in [0.15, 0.2) is 6.61 Å². The fourth-order valence-electron chi connectivity index (χ4n) is 3.34. The van der Waals surface area contributed by atoms with Crippen molar-refractivity contribution in [2.24, 2.45) is 0 Å². The van der Waals surface area contributed by atoms with Crippen LogP contribution in [0.1, 0.15) is 37.2 Å². The first-order valence-electron chi connectivity index (χ1n) is 9.63. The zero-order chi connectivity index (χ0) is 22.7. The Bertz CT molecular complexity index is 1140. The third kappa shape index (κ3) is 4.42. The summed E-state index contributed by atoms with van der Waals surface area (Å²) in [6, 6.07) is 15.1. The first-order valence-corrected chi connectivity index (χ1v) is 10.5. The predicted octanol–water partition coefficient (Wildman–Crippen LogP) is 2.93. The molecule has 2 aromatic carbocycles. The number of nitrogens with zero attached hydrogens (tertiary/aromatic N) is 1. The van der Waals surface area contributed by atoms with Gasteiger partial charge in [-0.05, 0) is 41.3 Å². The third-order valence-corrected chi connectivity index (χ3v) is 5.80. The number of rotatable bonds is 7. The molecular formula is C23H17FN2O5S. The van der Waals surface area contributed by atoms with E-state index in [0.717, 1.165) is 9.78 Å². The van der Waals surface area contributed by atoms with E-state index in [4.69, 9.17) is 4.74 Å². The van der Waals surface area contributed by atoms with Crippen LogP contribution in [0.2, 0.25) is 0 Å².